The number of benzene rings is 1. The largest absolute Gasteiger partial charge is 0.383 e. The Kier molecular flexibility index (Phi) is 5.72. The monoisotopic (exact) mass is 286 g/mol. The van der Waals surface area contributed by atoms with Crippen LogP contribution in [-0.4, -0.2) is 30.6 Å². The van der Waals surface area contributed by atoms with Crippen LogP contribution in [0.3, 0.4) is 0 Å². The summed E-state index contributed by atoms with van der Waals surface area (Å²) in [7, 11) is 1.55. The summed E-state index contributed by atoms with van der Waals surface area (Å²) in [6, 6.07) is 3.63. The van der Waals surface area contributed by atoms with Crippen LogP contribution in [0.4, 0.5) is 5.69 Å². The molecule has 1 aromatic carbocycles. The average molecular weight is 287 g/mol. The van der Waals surface area contributed by atoms with Gasteiger partial charge in [0.1, 0.15) is 0 Å². The number of hydrogen-bond donors (Lipinski definition) is 1. The van der Waals surface area contributed by atoms with Gasteiger partial charge in [-0.2, -0.15) is 0 Å². The number of amides is 1. The van der Waals surface area contributed by atoms with Gasteiger partial charge in [0.2, 0.25) is 0 Å². The van der Waals surface area contributed by atoms with Crippen molar-refractivity contribution in [3.05, 3.63) is 38.9 Å². The molecule has 0 aliphatic carbocycles. The minimum absolute atomic E-state index is 0.0546. The lowest BCUT2D eigenvalue weighted by Crippen LogP contribution is -2.37. The first-order valence-electron chi connectivity index (χ1n) is 5.73. The zero-order chi connectivity index (χ0) is 14.4. The molecule has 0 radical (unpaired) electrons. The van der Waals surface area contributed by atoms with Gasteiger partial charge in [0.25, 0.3) is 11.6 Å². The van der Waals surface area contributed by atoms with E-state index in [-0.39, 0.29) is 28.2 Å². The molecule has 0 spiro atoms. The third kappa shape index (κ3) is 4.18. The standard InChI is InChI=1S/C12H15ClN2O4/c1-3-8(7-19-2)14-12(16)10-5-4-9(15(17)18)6-11(10)13/h4-6,8H,3,7H2,1-2H3,(H,14,16). The predicted octanol–water partition coefficient (Wildman–Crippen LogP) is 2.40. The SMILES string of the molecule is CCC(COC)NC(=O)c1ccc([N+](=O)[O-])cc1Cl. The molecule has 19 heavy (non-hydrogen) atoms. The van der Waals surface area contributed by atoms with Crippen LogP contribution in [-0.2, 0) is 4.74 Å². The summed E-state index contributed by atoms with van der Waals surface area (Å²) in [6.07, 6.45) is 0.712. The number of nitrogens with one attached hydrogen (secondary N) is 1. The van der Waals surface area contributed by atoms with Gasteiger partial charge < -0.3 is 10.1 Å². The van der Waals surface area contributed by atoms with Gasteiger partial charge in [0.05, 0.1) is 28.2 Å². The smallest absolute Gasteiger partial charge is 0.270 e. The molecule has 0 aromatic heterocycles. The third-order valence-corrected chi connectivity index (χ3v) is 2.92. The van der Waals surface area contributed by atoms with Gasteiger partial charge in [-0.25, -0.2) is 0 Å². The Morgan fingerprint density at radius 3 is 2.74 bits per heavy atom. The van der Waals surface area contributed by atoms with Crippen LogP contribution in [0.15, 0.2) is 18.2 Å². The summed E-state index contributed by atoms with van der Waals surface area (Å²) in [5.74, 6) is -0.371. The fraction of sp³-hybridized carbons (Fsp3) is 0.417. The molecule has 6 nitrogen and oxygen atoms in total. The van der Waals surface area contributed by atoms with E-state index in [0.29, 0.717) is 13.0 Å². The molecular formula is C12H15ClN2O4. The zero-order valence-corrected chi connectivity index (χ0v) is 11.4. The highest BCUT2D eigenvalue weighted by Gasteiger charge is 2.17. The van der Waals surface area contributed by atoms with Crippen molar-refractivity contribution in [2.45, 2.75) is 19.4 Å². The van der Waals surface area contributed by atoms with E-state index in [0.717, 1.165) is 6.07 Å². The Balaban J connectivity index is 2.85. The fourth-order valence-electron chi connectivity index (χ4n) is 1.53. The van der Waals surface area contributed by atoms with Crippen molar-refractivity contribution < 1.29 is 14.5 Å². The number of nitro groups is 1. The summed E-state index contributed by atoms with van der Waals surface area (Å²) in [4.78, 5) is 22.0. The summed E-state index contributed by atoms with van der Waals surface area (Å²) < 4.78 is 4.98. The molecule has 1 N–H and O–H groups in total. The lowest BCUT2D eigenvalue weighted by Gasteiger charge is -2.16. The number of non-ortho nitro benzene ring substituents is 1. The number of nitro benzene ring substituents is 1. The van der Waals surface area contributed by atoms with Crippen LogP contribution >= 0.6 is 11.6 Å². The van der Waals surface area contributed by atoms with Crippen molar-refractivity contribution in [1.82, 2.24) is 5.32 Å². The molecule has 1 unspecified atom stereocenters. The summed E-state index contributed by atoms with van der Waals surface area (Å²) in [6.45, 7) is 2.31. The van der Waals surface area contributed by atoms with E-state index in [9.17, 15) is 14.9 Å². The number of hydrogen-bond acceptors (Lipinski definition) is 4. The minimum Gasteiger partial charge on any atom is -0.383 e. The van der Waals surface area contributed by atoms with Gasteiger partial charge in [-0.05, 0) is 12.5 Å². The Bertz CT molecular complexity index is 479. The molecule has 104 valence electrons. The molecule has 1 rings (SSSR count). The molecule has 0 fully saturated rings. The third-order valence-electron chi connectivity index (χ3n) is 2.60. The Hall–Kier alpha value is -1.66. The van der Waals surface area contributed by atoms with E-state index >= 15 is 0 Å². The second-order valence-corrected chi connectivity index (χ2v) is 4.36. The van der Waals surface area contributed by atoms with Gasteiger partial charge >= 0.3 is 0 Å². The summed E-state index contributed by atoms with van der Waals surface area (Å²) in [5.41, 5.74) is 0.0623. The number of rotatable bonds is 6. The summed E-state index contributed by atoms with van der Waals surface area (Å²) in [5, 5.41) is 13.4. The maximum atomic E-state index is 12.0. The first kappa shape index (κ1) is 15.4. The highest BCUT2D eigenvalue weighted by Crippen LogP contribution is 2.22. The maximum absolute atomic E-state index is 12.0. The lowest BCUT2D eigenvalue weighted by atomic mass is 10.1. The Labute approximate surface area is 115 Å². The van der Waals surface area contributed by atoms with Crippen LogP contribution in [0.5, 0.6) is 0 Å². The number of carbonyl (C=O) groups is 1. The van der Waals surface area contributed by atoms with Crippen LogP contribution in [0.1, 0.15) is 23.7 Å². The normalized spacial score (nSPS) is 11.9. The molecule has 7 heteroatoms. The van der Waals surface area contributed by atoms with Crippen LogP contribution in [0.2, 0.25) is 5.02 Å². The van der Waals surface area contributed by atoms with Gasteiger partial charge in [-0.1, -0.05) is 18.5 Å². The van der Waals surface area contributed by atoms with Gasteiger partial charge in [0, 0.05) is 19.2 Å². The van der Waals surface area contributed by atoms with Gasteiger partial charge in [-0.15, -0.1) is 0 Å². The first-order chi connectivity index (χ1) is 8.99. The second-order valence-electron chi connectivity index (χ2n) is 3.96. The summed E-state index contributed by atoms with van der Waals surface area (Å²) >= 11 is 5.88. The van der Waals surface area contributed by atoms with Gasteiger partial charge in [0.15, 0.2) is 0 Å². The quantitative estimate of drug-likeness (QED) is 0.643. The number of ether oxygens (including phenoxy) is 1. The van der Waals surface area contributed by atoms with Crippen molar-refractivity contribution in [2.75, 3.05) is 13.7 Å². The average Bonchev–Trinajstić information content (AvgIpc) is 2.37. The number of nitrogens with zero attached hydrogens (tertiary/aromatic N) is 1. The van der Waals surface area contributed by atoms with E-state index < -0.39 is 4.92 Å². The highest BCUT2D eigenvalue weighted by atomic mass is 35.5. The molecular weight excluding hydrogens is 272 g/mol. The first-order valence-corrected chi connectivity index (χ1v) is 6.11. The minimum atomic E-state index is -0.562. The van der Waals surface area contributed by atoms with Crippen molar-refractivity contribution >= 4 is 23.2 Å². The molecule has 0 aliphatic rings. The molecule has 0 saturated heterocycles. The number of halogens is 1. The Morgan fingerprint density at radius 2 is 2.26 bits per heavy atom. The fourth-order valence-corrected chi connectivity index (χ4v) is 1.79. The molecule has 0 aliphatic heterocycles. The van der Waals surface area contributed by atoms with Crippen molar-refractivity contribution in [2.24, 2.45) is 0 Å². The van der Waals surface area contributed by atoms with Gasteiger partial charge in [-0.3, -0.25) is 14.9 Å². The van der Waals surface area contributed by atoms with E-state index in [2.05, 4.69) is 5.32 Å². The lowest BCUT2D eigenvalue weighted by molar-refractivity contribution is -0.384. The number of methoxy groups -OCH3 is 1. The second kappa shape index (κ2) is 7.06. The Morgan fingerprint density at radius 1 is 1.58 bits per heavy atom. The molecule has 0 bridgehead atoms. The number of carbonyl (C=O) groups excluding carboxylic acids is 1. The van der Waals surface area contributed by atoms with Crippen LogP contribution in [0, 0.1) is 10.1 Å². The predicted molar refractivity (Wildman–Crippen MR) is 71.5 cm³/mol. The molecule has 0 heterocycles. The van der Waals surface area contributed by atoms with Crippen LogP contribution in [0.25, 0.3) is 0 Å². The maximum Gasteiger partial charge on any atom is 0.270 e. The van der Waals surface area contributed by atoms with Crippen molar-refractivity contribution in [3.8, 4) is 0 Å². The van der Waals surface area contributed by atoms with E-state index in [4.69, 9.17) is 16.3 Å². The molecule has 0 saturated carbocycles. The molecule has 1 amide bonds. The topological polar surface area (TPSA) is 81.5 Å². The van der Waals surface area contributed by atoms with E-state index in [1.165, 1.54) is 12.1 Å². The highest BCUT2D eigenvalue weighted by molar-refractivity contribution is 6.34. The zero-order valence-electron chi connectivity index (χ0n) is 10.7. The van der Waals surface area contributed by atoms with E-state index in [1.807, 2.05) is 6.92 Å². The van der Waals surface area contributed by atoms with E-state index in [1.54, 1.807) is 7.11 Å². The van der Waals surface area contributed by atoms with Crippen molar-refractivity contribution in [1.29, 1.82) is 0 Å². The van der Waals surface area contributed by atoms with Crippen LogP contribution < -0.4 is 5.32 Å². The van der Waals surface area contributed by atoms with Crippen molar-refractivity contribution in [3.63, 3.8) is 0 Å². The molecule has 1 atom stereocenters. The molecule has 1 aromatic rings.